The van der Waals surface area contributed by atoms with Gasteiger partial charge in [0.2, 0.25) is 0 Å². The smallest absolute Gasteiger partial charge is 0.138 e. The number of nitriles is 1. The summed E-state index contributed by atoms with van der Waals surface area (Å²) in [7, 11) is 0. The third kappa shape index (κ3) is 1.79. The second-order valence-corrected chi connectivity index (χ2v) is 2.87. The van der Waals surface area contributed by atoms with Gasteiger partial charge in [0.05, 0.1) is 5.56 Å². The third-order valence-corrected chi connectivity index (χ3v) is 2.03. The highest BCUT2D eigenvalue weighted by molar-refractivity contribution is 5.48. The Bertz CT molecular complexity index is 341. The largest absolute Gasteiger partial charge is 0.506 e. The first-order valence-corrected chi connectivity index (χ1v) is 4.18. The molecule has 0 heterocycles. The van der Waals surface area contributed by atoms with Gasteiger partial charge in [-0.3, -0.25) is 0 Å². The molecule has 0 spiro atoms. The van der Waals surface area contributed by atoms with Crippen molar-refractivity contribution in [2.45, 2.75) is 19.4 Å². The minimum absolute atomic E-state index is 0.0133. The van der Waals surface area contributed by atoms with E-state index < -0.39 is 0 Å². The van der Waals surface area contributed by atoms with Crippen LogP contribution in [0.5, 0.6) is 5.75 Å². The van der Waals surface area contributed by atoms with Gasteiger partial charge in [-0.25, -0.2) is 0 Å². The normalized spacial score (nSPS) is 12.1. The van der Waals surface area contributed by atoms with E-state index >= 15 is 0 Å². The molecule has 13 heavy (non-hydrogen) atoms. The first-order chi connectivity index (χ1) is 6.20. The molecular formula is C10H12N2O. The van der Waals surface area contributed by atoms with Gasteiger partial charge in [0.15, 0.2) is 0 Å². The summed E-state index contributed by atoms with van der Waals surface area (Å²) in [4.78, 5) is 0. The Morgan fingerprint density at radius 1 is 1.62 bits per heavy atom. The number of hydrogen-bond acceptors (Lipinski definition) is 3. The minimum atomic E-state index is -0.201. The zero-order valence-electron chi connectivity index (χ0n) is 7.49. The van der Waals surface area contributed by atoms with Crippen LogP contribution in [0, 0.1) is 11.3 Å². The van der Waals surface area contributed by atoms with Crippen molar-refractivity contribution in [2.24, 2.45) is 5.73 Å². The van der Waals surface area contributed by atoms with Gasteiger partial charge in [-0.1, -0.05) is 19.1 Å². The number of phenols is 1. The fourth-order valence-corrected chi connectivity index (χ4v) is 1.17. The van der Waals surface area contributed by atoms with E-state index in [4.69, 9.17) is 11.0 Å². The van der Waals surface area contributed by atoms with E-state index in [9.17, 15) is 5.11 Å². The van der Waals surface area contributed by atoms with E-state index in [2.05, 4.69) is 0 Å². The quantitative estimate of drug-likeness (QED) is 0.720. The van der Waals surface area contributed by atoms with Crippen LogP contribution in [0.4, 0.5) is 0 Å². The molecule has 1 rings (SSSR count). The van der Waals surface area contributed by atoms with Crippen molar-refractivity contribution >= 4 is 0 Å². The van der Waals surface area contributed by atoms with Gasteiger partial charge in [0.25, 0.3) is 0 Å². The van der Waals surface area contributed by atoms with E-state index in [1.807, 2.05) is 13.0 Å². The van der Waals surface area contributed by atoms with E-state index in [1.54, 1.807) is 18.2 Å². The topological polar surface area (TPSA) is 70.0 Å². The number of para-hydroxylation sites is 1. The summed E-state index contributed by atoms with van der Waals surface area (Å²) in [6.45, 7) is 1.93. The predicted octanol–water partition coefficient (Wildman–Crippen LogP) is 1.67. The Morgan fingerprint density at radius 3 is 2.85 bits per heavy atom. The molecule has 0 radical (unpaired) electrons. The fourth-order valence-electron chi connectivity index (χ4n) is 1.17. The summed E-state index contributed by atoms with van der Waals surface area (Å²) in [5.41, 5.74) is 6.67. The average molecular weight is 176 g/mol. The first-order valence-electron chi connectivity index (χ1n) is 4.18. The van der Waals surface area contributed by atoms with Crippen molar-refractivity contribution < 1.29 is 5.11 Å². The number of phenolic OH excluding ortho intramolecular Hbond substituents is 1. The Labute approximate surface area is 77.4 Å². The highest BCUT2D eigenvalue weighted by atomic mass is 16.3. The molecule has 3 heteroatoms. The van der Waals surface area contributed by atoms with Gasteiger partial charge in [-0.2, -0.15) is 5.26 Å². The van der Waals surface area contributed by atoms with Gasteiger partial charge < -0.3 is 10.8 Å². The first kappa shape index (κ1) is 9.56. The van der Waals surface area contributed by atoms with Gasteiger partial charge in [-0.15, -0.1) is 0 Å². The molecule has 1 aromatic rings. The summed E-state index contributed by atoms with van der Waals surface area (Å²) < 4.78 is 0. The van der Waals surface area contributed by atoms with Crippen LogP contribution in [0.1, 0.15) is 30.5 Å². The second kappa shape index (κ2) is 3.92. The van der Waals surface area contributed by atoms with Crippen molar-refractivity contribution in [3.05, 3.63) is 29.3 Å². The summed E-state index contributed by atoms with van der Waals surface area (Å²) in [5, 5.41) is 18.2. The van der Waals surface area contributed by atoms with Crippen molar-refractivity contribution in [3.8, 4) is 11.8 Å². The summed E-state index contributed by atoms with van der Waals surface area (Å²) in [6, 6.07) is 6.74. The maximum Gasteiger partial charge on any atom is 0.138 e. The minimum Gasteiger partial charge on any atom is -0.506 e. The molecule has 0 amide bonds. The molecule has 0 aliphatic rings. The van der Waals surface area contributed by atoms with Crippen LogP contribution in [0.3, 0.4) is 0 Å². The van der Waals surface area contributed by atoms with Crippen molar-refractivity contribution in [1.82, 2.24) is 0 Å². The van der Waals surface area contributed by atoms with Gasteiger partial charge >= 0.3 is 0 Å². The summed E-state index contributed by atoms with van der Waals surface area (Å²) in [5.74, 6) is 0.0133. The Balaban J connectivity index is 3.17. The van der Waals surface area contributed by atoms with Crippen molar-refractivity contribution in [3.63, 3.8) is 0 Å². The third-order valence-electron chi connectivity index (χ3n) is 2.03. The number of nitrogens with two attached hydrogens (primary N) is 1. The zero-order chi connectivity index (χ0) is 9.84. The van der Waals surface area contributed by atoms with E-state index in [0.29, 0.717) is 5.56 Å². The van der Waals surface area contributed by atoms with E-state index in [-0.39, 0.29) is 17.4 Å². The van der Waals surface area contributed by atoms with Gasteiger partial charge in [0, 0.05) is 11.6 Å². The lowest BCUT2D eigenvalue weighted by Gasteiger charge is -2.11. The number of rotatable bonds is 2. The van der Waals surface area contributed by atoms with Crippen molar-refractivity contribution in [2.75, 3.05) is 0 Å². The Hall–Kier alpha value is -1.53. The van der Waals surface area contributed by atoms with Crippen LogP contribution in [-0.4, -0.2) is 5.11 Å². The molecule has 0 saturated heterocycles. The van der Waals surface area contributed by atoms with Crippen molar-refractivity contribution in [1.29, 1.82) is 5.26 Å². The monoisotopic (exact) mass is 176 g/mol. The molecule has 0 aliphatic carbocycles. The lowest BCUT2D eigenvalue weighted by molar-refractivity contribution is 0.458. The maximum atomic E-state index is 9.59. The molecule has 1 aromatic carbocycles. The number of benzene rings is 1. The SMILES string of the molecule is CC[C@H](N)c1cccc(C#N)c1O. The molecule has 68 valence electrons. The molecule has 0 aromatic heterocycles. The van der Waals surface area contributed by atoms with Crippen LogP contribution in [0.2, 0.25) is 0 Å². The molecule has 0 saturated carbocycles. The Morgan fingerprint density at radius 2 is 2.31 bits per heavy atom. The lowest BCUT2D eigenvalue weighted by Crippen LogP contribution is -2.09. The second-order valence-electron chi connectivity index (χ2n) is 2.87. The molecule has 0 aliphatic heterocycles. The Kier molecular flexibility index (Phi) is 2.88. The van der Waals surface area contributed by atoms with Crippen LogP contribution in [0.25, 0.3) is 0 Å². The highest BCUT2D eigenvalue weighted by Gasteiger charge is 2.11. The van der Waals surface area contributed by atoms with Crippen LogP contribution in [0.15, 0.2) is 18.2 Å². The summed E-state index contributed by atoms with van der Waals surface area (Å²) in [6.07, 6.45) is 0.739. The standard InChI is InChI=1S/C10H12N2O/c1-2-9(12)8-5-3-4-7(6-11)10(8)13/h3-5,9,13H,2,12H2,1H3/t9-/m0/s1. The number of hydrogen-bond donors (Lipinski definition) is 2. The molecule has 0 bridgehead atoms. The number of aromatic hydroxyl groups is 1. The zero-order valence-corrected chi connectivity index (χ0v) is 7.49. The lowest BCUT2D eigenvalue weighted by atomic mass is 10.0. The number of nitrogens with zero attached hydrogens (tertiary/aromatic N) is 1. The van der Waals surface area contributed by atoms with Crippen LogP contribution < -0.4 is 5.73 Å². The van der Waals surface area contributed by atoms with E-state index in [1.165, 1.54) is 0 Å². The average Bonchev–Trinajstić information content (AvgIpc) is 2.17. The van der Waals surface area contributed by atoms with Crippen LogP contribution in [-0.2, 0) is 0 Å². The summed E-state index contributed by atoms with van der Waals surface area (Å²) >= 11 is 0. The fraction of sp³-hybridized carbons (Fsp3) is 0.300. The van der Waals surface area contributed by atoms with E-state index in [0.717, 1.165) is 6.42 Å². The predicted molar refractivity (Wildman–Crippen MR) is 50.0 cm³/mol. The molecular weight excluding hydrogens is 164 g/mol. The van der Waals surface area contributed by atoms with Gasteiger partial charge in [0.1, 0.15) is 11.8 Å². The molecule has 3 nitrogen and oxygen atoms in total. The molecule has 0 fully saturated rings. The molecule has 0 unspecified atom stereocenters. The molecule has 3 N–H and O–H groups in total. The van der Waals surface area contributed by atoms with Gasteiger partial charge in [-0.05, 0) is 12.5 Å². The van der Waals surface area contributed by atoms with Crippen LogP contribution >= 0.6 is 0 Å². The molecule has 1 atom stereocenters. The maximum absolute atomic E-state index is 9.59. The highest BCUT2D eigenvalue weighted by Crippen LogP contribution is 2.27.